The molecule has 0 aliphatic heterocycles. The van der Waals surface area contributed by atoms with Crippen LogP contribution in [0.5, 0.6) is 5.75 Å². The van der Waals surface area contributed by atoms with Crippen LogP contribution >= 0.6 is 0 Å². The third-order valence-electron chi connectivity index (χ3n) is 4.49. The maximum Gasteiger partial charge on any atom is 0.338 e. The fourth-order valence-corrected chi connectivity index (χ4v) is 2.97. The lowest BCUT2D eigenvalue weighted by Gasteiger charge is -2.30. The second kappa shape index (κ2) is 8.71. The van der Waals surface area contributed by atoms with Crippen LogP contribution in [0.15, 0.2) is 24.3 Å². The first-order valence-corrected chi connectivity index (χ1v) is 8.75. The van der Waals surface area contributed by atoms with Crippen LogP contribution in [0.2, 0.25) is 0 Å². The highest BCUT2D eigenvalue weighted by molar-refractivity contribution is 5.92. The third kappa shape index (κ3) is 4.98. The zero-order valence-corrected chi connectivity index (χ0v) is 14.7. The van der Waals surface area contributed by atoms with E-state index in [1.165, 1.54) is 6.42 Å². The van der Waals surface area contributed by atoms with Crippen molar-refractivity contribution in [3.05, 3.63) is 29.8 Å². The Morgan fingerprint density at radius 3 is 2.50 bits per heavy atom. The molecule has 0 spiro atoms. The molecule has 1 saturated carbocycles. The second-order valence-electron chi connectivity index (χ2n) is 6.38. The summed E-state index contributed by atoms with van der Waals surface area (Å²) in [5, 5.41) is 3.01. The molecular weight excluding hydrogens is 306 g/mol. The van der Waals surface area contributed by atoms with Crippen LogP contribution in [0.1, 0.15) is 56.8 Å². The highest BCUT2D eigenvalue weighted by atomic mass is 16.5. The third-order valence-corrected chi connectivity index (χ3v) is 4.49. The van der Waals surface area contributed by atoms with Gasteiger partial charge in [0.05, 0.1) is 12.2 Å². The topological polar surface area (TPSA) is 64.6 Å². The van der Waals surface area contributed by atoms with E-state index in [1.54, 1.807) is 31.2 Å². The van der Waals surface area contributed by atoms with Gasteiger partial charge in [0.15, 0.2) is 6.10 Å². The molecule has 0 aromatic heterocycles. The molecule has 0 unspecified atom stereocenters. The molecule has 5 heteroatoms. The standard InChI is InChI=1S/C19H27NO4/c1-4-23-16-11-9-15(10-12-16)19(22)24-14(3)18(21)20-17-8-6-5-7-13(17)2/h9-14,17H,4-8H2,1-3H3,(H,20,21)/t13-,14-,17+/m0/s1. The van der Waals surface area contributed by atoms with E-state index in [0.717, 1.165) is 19.3 Å². The van der Waals surface area contributed by atoms with Gasteiger partial charge in [-0.3, -0.25) is 4.79 Å². The monoisotopic (exact) mass is 333 g/mol. The summed E-state index contributed by atoms with van der Waals surface area (Å²) in [4.78, 5) is 24.4. The van der Waals surface area contributed by atoms with Gasteiger partial charge in [-0.25, -0.2) is 4.79 Å². The predicted molar refractivity (Wildman–Crippen MR) is 92.1 cm³/mol. The molecule has 0 heterocycles. The van der Waals surface area contributed by atoms with E-state index in [4.69, 9.17) is 9.47 Å². The Hall–Kier alpha value is -2.04. The van der Waals surface area contributed by atoms with Crippen molar-refractivity contribution in [3.63, 3.8) is 0 Å². The van der Waals surface area contributed by atoms with E-state index in [0.29, 0.717) is 23.8 Å². The summed E-state index contributed by atoms with van der Waals surface area (Å²) in [5.74, 6) is 0.438. The minimum Gasteiger partial charge on any atom is -0.494 e. The minimum atomic E-state index is -0.807. The molecule has 132 valence electrons. The first kappa shape index (κ1) is 18.3. The Bertz CT molecular complexity index is 555. The molecule has 2 rings (SSSR count). The largest absolute Gasteiger partial charge is 0.494 e. The SMILES string of the molecule is CCOc1ccc(C(=O)O[C@@H](C)C(=O)N[C@@H]2CCCC[C@@H]2C)cc1. The highest BCUT2D eigenvalue weighted by Crippen LogP contribution is 2.23. The van der Waals surface area contributed by atoms with Crippen molar-refractivity contribution >= 4 is 11.9 Å². The van der Waals surface area contributed by atoms with Gasteiger partial charge in [-0.2, -0.15) is 0 Å². The summed E-state index contributed by atoms with van der Waals surface area (Å²) in [5.41, 5.74) is 0.407. The van der Waals surface area contributed by atoms with E-state index in [1.807, 2.05) is 6.92 Å². The lowest BCUT2D eigenvalue weighted by molar-refractivity contribution is -0.130. The van der Waals surface area contributed by atoms with Crippen molar-refractivity contribution in [1.82, 2.24) is 5.32 Å². The lowest BCUT2D eigenvalue weighted by atomic mass is 9.86. The first-order chi connectivity index (χ1) is 11.5. The van der Waals surface area contributed by atoms with E-state index in [9.17, 15) is 9.59 Å². The van der Waals surface area contributed by atoms with E-state index >= 15 is 0 Å². The van der Waals surface area contributed by atoms with Crippen LogP contribution < -0.4 is 10.1 Å². The van der Waals surface area contributed by atoms with Gasteiger partial charge in [-0.05, 0) is 56.9 Å². The van der Waals surface area contributed by atoms with Crippen LogP contribution in [-0.4, -0.2) is 30.6 Å². The number of amides is 1. The molecule has 1 amide bonds. The Balaban J connectivity index is 1.86. The molecule has 1 aromatic carbocycles. The number of rotatable bonds is 6. The maximum absolute atomic E-state index is 12.3. The molecule has 1 aliphatic rings. The molecular formula is C19H27NO4. The number of benzene rings is 1. The van der Waals surface area contributed by atoms with Crippen molar-refractivity contribution in [2.75, 3.05) is 6.61 Å². The Labute approximate surface area is 143 Å². The van der Waals surface area contributed by atoms with Gasteiger partial charge in [-0.15, -0.1) is 0 Å². The molecule has 0 saturated heterocycles. The Morgan fingerprint density at radius 2 is 1.88 bits per heavy atom. The molecule has 1 aliphatic carbocycles. The summed E-state index contributed by atoms with van der Waals surface area (Å²) in [6.45, 7) is 6.23. The van der Waals surface area contributed by atoms with Gasteiger partial charge in [0.25, 0.3) is 5.91 Å². The number of esters is 1. The average Bonchev–Trinajstić information content (AvgIpc) is 2.57. The van der Waals surface area contributed by atoms with Crippen LogP contribution in [0.4, 0.5) is 0 Å². The number of hydrogen-bond donors (Lipinski definition) is 1. The van der Waals surface area contributed by atoms with Gasteiger partial charge in [-0.1, -0.05) is 19.8 Å². The fourth-order valence-electron chi connectivity index (χ4n) is 2.97. The van der Waals surface area contributed by atoms with Crippen molar-refractivity contribution in [2.45, 2.75) is 58.6 Å². The molecule has 0 radical (unpaired) electrons. The summed E-state index contributed by atoms with van der Waals surface area (Å²) >= 11 is 0. The zero-order valence-electron chi connectivity index (χ0n) is 14.7. The maximum atomic E-state index is 12.3. The summed E-state index contributed by atoms with van der Waals surface area (Å²) in [6.07, 6.45) is 3.67. The molecule has 1 aromatic rings. The summed E-state index contributed by atoms with van der Waals surface area (Å²) in [7, 11) is 0. The van der Waals surface area contributed by atoms with E-state index in [-0.39, 0.29) is 11.9 Å². The zero-order chi connectivity index (χ0) is 17.5. The smallest absolute Gasteiger partial charge is 0.338 e. The van der Waals surface area contributed by atoms with Crippen LogP contribution in [0.25, 0.3) is 0 Å². The molecule has 3 atom stereocenters. The van der Waals surface area contributed by atoms with Gasteiger partial charge >= 0.3 is 5.97 Å². The van der Waals surface area contributed by atoms with Gasteiger partial charge in [0, 0.05) is 6.04 Å². The van der Waals surface area contributed by atoms with Crippen LogP contribution in [0, 0.1) is 5.92 Å². The quantitative estimate of drug-likeness (QED) is 0.811. The first-order valence-electron chi connectivity index (χ1n) is 8.75. The van der Waals surface area contributed by atoms with Crippen molar-refractivity contribution in [1.29, 1.82) is 0 Å². The van der Waals surface area contributed by atoms with Crippen LogP contribution in [0.3, 0.4) is 0 Å². The van der Waals surface area contributed by atoms with Crippen molar-refractivity contribution < 1.29 is 19.1 Å². The van der Waals surface area contributed by atoms with E-state index in [2.05, 4.69) is 12.2 Å². The molecule has 5 nitrogen and oxygen atoms in total. The number of carbonyl (C=O) groups is 2. The Morgan fingerprint density at radius 1 is 1.21 bits per heavy atom. The summed E-state index contributed by atoms with van der Waals surface area (Å²) < 4.78 is 10.6. The highest BCUT2D eigenvalue weighted by Gasteiger charge is 2.26. The molecule has 1 fully saturated rings. The number of nitrogens with one attached hydrogen (secondary N) is 1. The van der Waals surface area contributed by atoms with Gasteiger partial charge < -0.3 is 14.8 Å². The molecule has 0 bridgehead atoms. The minimum absolute atomic E-state index is 0.179. The van der Waals surface area contributed by atoms with E-state index < -0.39 is 12.1 Å². The van der Waals surface area contributed by atoms with Crippen molar-refractivity contribution in [3.8, 4) is 5.75 Å². The second-order valence-corrected chi connectivity index (χ2v) is 6.38. The van der Waals surface area contributed by atoms with Gasteiger partial charge in [0.1, 0.15) is 5.75 Å². The molecule has 1 N–H and O–H groups in total. The lowest BCUT2D eigenvalue weighted by Crippen LogP contribution is -2.45. The van der Waals surface area contributed by atoms with Gasteiger partial charge in [0.2, 0.25) is 0 Å². The summed E-state index contributed by atoms with van der Waals surface area (Å²) in [6, 6.07) is 6.89. The average molecular weight is 333 g/mol. The number of ether oxygens (including phenoxy) is 2. The fraction of sp³-hybridized carbons (Fsp3) is 0.579. The number of hydrogen-bond acceptors (Lipinski definition) is 4. The predicted octanol–water partition coefficient (Wildman–Crippen LogP) is 3.33. The Kier molecular flexibility index (Phi) is 6.64. The van der Waals surface area contributed by atoms with Crippen molar-refractivity contribution in [2.24, 2.45) is 5.92 Å². The van der Waals surface area contributed by atoms with Crippen LogP contribution in [-0.2, 0) is 9.53 Å². The molecule has 24 heavy (non-hydrogen) atoms. The number of carbonyl (C=O) groups excluding carboxylic acids is 2. The normalized spacial score (nSPS) is 21.6.